The molecule has 0 spiro atoms. The van der Waals surface area contributed by atoms with Gasteiger partial charge in [-0.1, -0.05) is 159 Å². The smallest absolute Gasteiger partial charge is 0.550 e. The minimum atomic E-state index is -1.08. The Morgan fingerprint density at radius 1 is 0.390 bits per heavy atom. The van der Waals surface area contributed by atoms with E-state index in [-0.39, 0.29) is 88.9 Å². The Labute approximate surface area is 496 Å². The molecule has 0 atom stereocenters. The molecule has 0 fully saturated rings. The Morgan fingerprint density at radius 3 is 0.987 bits per heavy atom. The maximum atomic E-state index is 11.0. The number of ether oxygens (including phenoxy) is 4. The second-order valence-electron chi connectivity index (χ2n) is 17.6. The minimum Gasteiger partial charge on any atom is -0.550 e. The van der Waals surface area contributed by atoms with Crippen LogP contribution in [0, 0.1) is 0 Å². The molecule has 0 aliphatic carbocycles. The molecule has 0 amide bonds. The van der Waals surface area contributed by atoms with Crippen LogP contribution in [-0.4, -0.2) is 54.1 Å². The first-order chi connectivity index (χ1) is 36.1. The van der Waals surface area contributed by atoms with Gasteiger partial charge in [0.2, 0.25) is 0 Å². The molecule has 0 radical (unpaired) electrons. The van der Waals surface area contributed by atoms with Crippen molar-refractivity contribution < 1.29 is 114 Å². The number of rotatable bonds is 24. The predicted molar refractivity (Wildman–Crippen MR) is 291 cm³/mol. The molecule has 11 nitrogen and oxygen atoms in total. The van der Waals surface area contributed by atoms with Gasteiger partial charge in [0.1, 0.15) is 34.5 Å². The number of phenolic OH excluding ortho intramolecular Hbond substituents is 2. The van der Waals surface area contributed by atoms with Crippen molar-refractivity contribution in [1.82, 2.24) is 0 Å². The van der Waals surface area contributed by atoms with E-state index >= 15 is 0 Å². The van der Waals surface area contributed by atoms with Gasteiger partial charge in [0.05, 0.1) is 26.4 Å². The zero-order valence-electron chi connectivity index (χ0n) is 44.5. The molecule has 0 aliphatic heterocycles. The van der Waals surface area contributed by atoms with E-state index in [2.05, 4.69) is 13.8 Å². The van der Waals surface area contributed by atoms with Gasteiger partial charge in [0, 0.05) is 48.0 Å². The van der Waals surface area contributed by atoms with Crippen molar-refractivity contribution in [2.24, 2.45) is 0 Å². The molecule has 0 heterocycles. The molecule has 8 aromatic rings. The van der Waals surface area contributed by atoms with Crippen LogP contribution in [-0.2, 0) is 35.3 Å². The quantitative estimate of drug-likeness (QED) is 0.0628. The van der Waals surface area contributed by atoms with E-state index in [1.165, 1.54) is 0 Å². The number of aryl methyl sites for hydroxylation is 4. The van der Waals surface area contributed by atoms with E-state index in [0.29, 0.717) is 75.1 Å². The molecule has 0 aliphatic rings. The molecular weight excluding hydrogens is 991 g/mol. The van der Waals surface area contributed by atoms with Gasteiger partial charge >= 0.3 is 59.1 Å². The third-order valence-corrected chi connectivity index (χ3v) is 12.4. The summed E-state index contributed by atoms with van der Waals surface area (Å²) in [5, 5.41) is 43.2. The largest absolute Gasteiger partial charge is 1.00 e. The van der Waals surface area contributed by atoms with Crippen molar-refractivity contribution in [3.8, 4) is 79.0 Å². The van der Waals surface area contributed by atoms with Gasteiger partial charge < -0.3 is 54.4 Å². The fraction of sp³-hybridized carbons (Fsp3) is 0.219. The Balaban J connectivity index is 0.000000320. The van der Waals surface area contributed by atoms with Gasteiger partial charge in [0.15, 0.2) is 0 Å². The summed E-state index contributed by atoms with van der Waals surface area (Å²) in [6, 6.07) is 58.6. The SMILES string of the molecule is CCc1cc(-c2ccccc2)c(O)cc1OCCCOc1cc(-c2ccccc2)ccc1CCC(=O)[O-].CCc1cc(-c2ccccc2)c(O)cc1OCCCOc1cc(-c2ccccc2)ccc1CCC(=O)[O-].O.[Na+].[Na+]. The summed E-state index contributed by atoms with van der Waals surface area (Å²) in [4.78, 5) is 22.0. The molecular formula is C64H64Na2O11. The molecule has 8 aromatic carbocycles. The molecule has 0 saturated carbocycles. The second-order valence-corrected chi connectivity index (χ2v) is 17.6. The van der Waals surface area contributed by atoms with Crippen LogP contribution in [0.5, 0.6) is 34.5 Å². The maximum absolute atomic E-state index is 11.0. The van der Waals surface area contributed by atoms with Crippen LogP contribution < -0.4 is 88.3 Å². The van der Waals surface area contributed by atoms with E-state index < -0.39 is 11.9 Å². The van der Waals surface area contributed by atoms with Crippen LogP contribution in [0.3, 0.4) is 0 Å². The Kier molecular flexibility index (Phi) is 26.9. The maximum Gasteiger partial charge on any atom is 1.00 e. The number of hydrogen-bond donors (Lipinski definition) is 2. The van der Waals surface area contributed by atoms with Crippen molar-refractivity contribution in [2.75, 3.05) is 26.4 Å². The Morgan fingerprint density at radius 2 is 0.688 bits per heavy atom. The predicted octanol–water partition coefficient (Wildman–Crippen LogP) is 4.82. The van der Waals surface area contributed by atoms with Crippen molar-refractivity contribution in [2.45, 2.75) is 65.2 Å². The summed E-state index contributed by atoms with van der Waals surface area (Å²) in [5.41, 5.74) is 11.3. The third-order valence-electron chi connectivity index (χ3n) is 12.4. The number of phenols is 2. The van der Waals surface area contributed by atoms with Crippen LogP contribution in [0.25, 0.3) is 44.5 Å². The number of carbonyl (C=O) groups is 2. The molecule has 388 valence electrons. The van der Waals surface area contributed by atoms with E-state index in [0.717, 1.165) is 79.6 Å². The zero-order valence-corrected chi connectivity index (χ0v) is 48.5. The van der Waals surface area contributed by atoms with E-state index in [9.17, 15) is 30.0 Å². The topological polar surface area (TPSA) is 189 Å². The molecule has 13 heteroatoms. The first-order valence-electron chi connectivity index (χ1n) is 25.2. The number of carbonyl (C=O) groups excluding carboxylic acids is 2. The molecule has 8 rings (SSSR count). The van der Waals surface area contributed by atoms with E-state index in [4.69, 9.17) is 18.9 Å². The summed E-state index contributed by atoms with van der Waals surface area (Å²) in [6.45, 7) is 5.78. The molecule has 4 N–H and O–H groups in total. The monoisotopic (exact) mass is 1050 g/mol. The van der Waals surface area contributed by atoms with Gasteiger partial charge in [0.25, 0.3) is 0 Å². The first-order valence-corrected chi connectivity index (χ1v) is 25.2. The summed E-state index contributed by atoms with van der Waals surface area (Å²) >= 11 is 0. The molecule has 0 unspecified atom stereocenters. The zero-order chi connectivity index (χ0) is 52.1. The van der Waals surface area contributed by atoms with Crippen LogP contribution in [0.2, 0.25) is 0 Å². The fourth-order valence-electron chi connectivity index (χ4n) is 8.48. The number of carboxylic acids is 2. The number of carboxylic acid groups (broad SMARTS) is 2. The average molecular weight is 1060 g/mol. The van der Waals surface area contributed by atoms with Crippen molar-refractivity contribution in [3.05, 3.63) is 204 Å². The average Bonchev–Trinajstić information content (AvgIpc) is 3.43. The van der Waals surface area contributed by atoms with E-state index in [1.807, 2.05) is 170 Å². The third kappa shape index (κ3) is 18.9. The summed E-state index contributed by atoms with van der Waals surface area (Å²) < 4.78 is 24.2. The second kappa shape index (κ2) is 32.9. The van der Waals surface area contributed by atoms with Gasteiger partial charge in [-0.05, 0) is 118 Å². The van der Waals surface area contributed by atoms with Crippen LogP contribution in [0.1, 0.15) is 61.8 Å². The van der Waals surface area contributed by atoms with Gasteiger partial charge in [-0.25, -0.2) is 0 Å². The standard InChI is InChI=1S/2C32H32O5.2Na.H2O/c2*1-2-23-20-28(25-12-7-4-8-13-25)29(33)22-31(23)37-19-9-18-36-30-21-27(24-10-5-3-6-11-24)15-14-26(30)16-17-32(34)35;;;/h2*3-8,10-15,20-22,33H,2,9,16-19H2,1H3,(H,34,35);;;1H2/q;;2*+1;/p-2. The number of hydrogen-bond acceptors (Lipinski definition) is 10. The van der Waals surface area contributed by atoms with Crippen LogP contribution >= 0.6 is 0 Å². The summed E-state index contributed by atoms with van der Waals surface area (Å²) in [6.07, 6.45) is 3.37. The van der Waals surface area contributed by atoms with Crippen molar-refractivity contribution >= 4 is 11.9 Å². The van der Waals surface area contributed by atoms with Gasteiger partial charge in [-0.2, -0.15) is 0 Å². The normalized spacial score (nSPS) is 10.3. The minimum absolute atomic E-state index is 0. The number of aliphatic carboxylic acids is 2. The number of aromatic hydroxyl groups is 2. The number of benzene rings is 8. The summed E-state index contributed by atoms with van der Waals surface area (Å²) in [5.74, 6) is 0.874. The summed E-state index contributed by atoms with van der Waals surface area (Å²) in [7, 11) is 0. The molecule has 0 bridgehead atoms. The van der Waals surface area contributed by atoms with Gasteiger partial charge in [-0.15, -0.1) is 0 Å². The van der Waals surface area contributed by atoms with Crippen LogP contribution in [0.15, 0.2) is 182 Å². The molecule has 77 heavy (non-hydrogen) atoms. The Hall–Kier alpha value is -6.54. The Bertz CT molecular complexity index is 2860. The van der Waals surface area contributed by atoms with E-state index in [1.54, 1.807) is 12.1 Å². The molecule has 0 saturated heterocycles. The van der Waals surface area contributed by atoms with Crippen molar-refractivity contribution in [3.63, 3.8) is 0 Å². The molecule has 0 aromatic heterocycles. The first kappa shape index (κ1) is 63.0. The van der Waals surface area contributed by atoms with Crippen LogP contribution in [0.4, 0.5) is 0 Å². The fourth-order valence-corrected chi connectivity index (χ4v) is 8.48. The van der Waals surface area contributed by atoms with Crippen molar-refractivity contribution in [1.29, 1.82) is 0 Å². The van der Waals surface area contributed by atoms with Gasteiger partial charge in [-0.3, -0.25) is 0 Å².